The Morgan fingerprint density at radius 3 is 2.71 bits per heavy atom. The van der Waals surface area contributed by atoms with Gasteiger partial charge in [-0.3, -0.25) is 15.2 Å². The van der Waals surface area contributed by atoms with E-state index in [4.69, 9.17) is 9.47 Å². The lowest BCUT2D eigenvalue weighted by atomic mass is 10.2. The van der Waals surface area contributed by atoms with E-state index in [1.807, 2.05) is 0 Å². The lowest BCUT2D eigenvalue weighted by molar-refractivity contribution is 0.102. The van der Waals surface area contributed by atoms with Crippen LogP contribution in [0.5, 0.6) is 11.5 Å². The molecule has 4 aromatic rings. The van der Waals surface area contributed by atoms with E-state index in [0.717, 1.165) is 0 Å². The molecule has 0 saturated heterocycles. The maximum atomic E-state index is 14.1. The van der Waals surface area contributed by atoms with Crippen molar-refractivity contribution in [1.29, 1.82) is 0 Å². The molecule has 2 N–H and O–H groups in total. The van der Waals surface area contributed by atoms with Gasteiger partial charge in [-0.15, -0.1) is 5.10 Å². The van der Waals surface area contributed by atoms with Crippen LogP contribution in [0.2, 0.25) is 0 Å². The number of anilines is 1. The molecule has 9 nitrogen and oxygen atoms in total. The fourth-order valence-corrected chi connectivity index (χ4v) is 3.10. The summed E-state index contributed by atoms with van der Waals surface area (Å²) in [5.74, 6) is 0.760. The van der Waals surface area contributed by atoms with E-state index in [1.165, 1.54) is 24.1 Å². The Morgan fingerprint density at radius 2 is 1.97 bits per heavy atom. The number of ether oxygens (including phenoxy) is 2. The van der Waals surface area contributed by atoms with Crippen molar-refractivity contribution < 1.29 is 18.7 Å². The summed E-state index contributed by atoms with van der Waals surface area (Å²) in [7, 11) is 3.10. The molecule has 2 aromatic carbocycles. The van der Waals surface area contributed by atoms with Gasteiger partial charge in [0.25, 0.3) is 5.91 Å². The third-order valence-electron chi connectivity index (χ3n) is 4.71. The Kier molecular flexibility index (Phi) is 5.35. The number of amides is 1. The number of nitrogens with one attached hydrogen (secondary N) is 2. The zero-order valence-corrected chi connectivity index (χ0v) is 17.0. The van der Waals surface area contributed by atoms with E-state index >= 15 is 0 Å². The summed E-state index contributed by atoms with van der Waals surface area (Å²) in [6.07, 6.45) is 1.37. The quantitative estimate of drug-likeness (QED) is 0.493. The number of H-pyrrole nitrogens is 1. The van der Waals surface area contributed by atoms with Gasteiger partial charge >= 0.3 is 0 Å². The topological polar surface area (TPSA) is 107 Å². The highest BCUT2D eigenvalue weighted by Gasteiger charge is 2.19. The first kappa shape index (κ1) is 20.1. The molecule has 0 unspecified atom stereocenters. The van der Waals surface area contributed by atoms with Gasteiger partial charge in [-0.25, -0.2) is 9.07 Å². The van der Waals surface area contributed by atoms with Crippen molar-refractivity contribution in [1.82, 2.24) is 25.0 Å². The number of carbonyl (C=O) groups is 1. The first-order valence-corrected chi connectivity index (χ1v) is 9.27. The molecule has 0 bridgehead atoms. The minimum Gasteiger partial charge on any atom is -0.497 e. The molecule has 0 spiro atoms. The molecule has 0 atom stereocenters. The first-order chi connectivity index (χ1) is 15.0. The van der Waals surface area contributed by atoms with E-state index in [9.17, 15) is 9.18 Å². The van der Waals surface area contributed by atoms with Crippen molar-refractivity contribution in [2.45, 2.75) is 6.92 Å². The Balaban J connectivity index is 1.56. The zero-order chi connectivity index (χ0) is 22.0. The van der Waals surface area contributed by atoms with Gasteiger partial charge in [-0.1, -0.05) is 12.1 Å². The molecule has 0 radical (unpaired) electrons. The maximum absolute atomic E-state index is 14.1. The predicted molar refractivity (Wildman–Crippen MR) is 111 cm³/mol. The fourth-order valence-electron chi connectivity index (χ4n) is 3.10. The second-order valence-electron chi connectivity index (χ2n) is 6.53. The number of aromatic amines is 1. The van der Waals surface area contributed by atoms with Gasteiger partial charge in [0.1, 0.15) is 23.0 Å². The van der Waals surface area contributed by atoms with Crippen LogP contribution in [0, 0.1) is 12.7 Å². The number of nitrogens with zero attached hydrogens (tertiary/aromatic N) is 4. The molecular weight excluding hydrogens is 403 g/mol. The monoisotopic (exact) mass is 422 g/mol. The Bertz CT molecular complexity index is 1250. The third-order valence-corrected chi connectivity index (χ3v) is 4.71. The summed E-state index contributed by atoms with van der Waals surface area (Å²) in [6.45, 7) is 1.68. The van der Waals surface area contributed by atoms with Crippen LogP contribution in [-0.4, -0.2) is 45.1 Å². The molecule has 1 amide bonds. The number of halogens is 1. The van der Waals surface area contributed by atoms with Crippen LogP contribution in [0.25, 0.3) is 17.1 Å². The molecular formula is C21H19FN6O3. The van der Waals surface area contributed by atoms with E-state index in [-0.39, 0.29) is 17.2 Å². The number of hydrogen-bond donors (Lipinski definition) is 2. The Labute approximate surface area is 176 Å². The Morgan fingerprint density at radius 1 is 1.16 bits per heavy atom. The third kappa shape index (κ3) is 3.82. The normalized spacial score (nSPS) is 10.7. The molecule has 2 heterocycles. The number of rotatable bonds is 6. The van der Waals surface area contributed by atoms with Crippen LogP contribution < -0.4 is 14.8 Å². The maximum Gasteiger partial charge on any atom is 0.261 e. The zero-order valence-electron chi connectivity index (χ0n) is 17.0. The molecule has 0 aliphatic heterocycles. The molecule has 0 aliphatic rings. The van der Waals surface area contributed by atoms with Crippen molar-refractivity contribution in [3.8, 4) is 28.6 Å². The minimum absolute atomic E-state index is 0.0795. The fraction of sp³-hybridized carbons (Fsp3) is 0.143. The first-order valence-electron chi connectivity index (χ1n) is 9.27. The summed E-state index contributed by atoms with van der Waals surface area (Å²) < 4.78 is 26.0. The average molecular weight is 422 g/mol. The number of methoxy groups -OCH3 is 2. The van der Waals surface area contributed by atoms with Crippen LogP contribution in [-0.2, 0) is 0 Å². The van der Waals surface area contributed by atoms with Crippen molar-refractivity contribution in [2.24, 2.45) is 0 Å². The van der Waals surface area contributed by atoms with Crippen molar-refractivity contribution in [3.63, 3.8) is 0 Å². The summed E-state index contributed by atoms with van der Waals surface area (Å²) in [4.78, 5) is 17.0. The van der Waals surface area contributed by atoms with Gasteiger partial charge < -0.3 is 9.47 Å². The molecule has 0 aliphatic carbocycles. The van der Waals surface area contributed by atoms with Crippen LogP contribution in [0.4, 0.5) is 10.3 Å². The summed E-state index contributed by atoms with van der Waals surface area (Å²) in [5.41, 5.74) is 1.66. The highest BCUT2D eigenvalue weighted by molar-refractivity contribution is 6.04. The molecule has 4 rings (SSSR count). The highest BCUT2D eigenvalue weighted by atomic mass is 19.1. The van der Waals surface area contributed by atoms with Crippen molar-refractivity contribution in [2.75, 3.05) is 19.5 Å². The van der Waals surface area contributed by atoms with Gasteiger partial charge in [0, 0.05) is 6.07 Å². The van der Waals surface area contributed by atoms with Gasteiger partial charge in [0.15, 0.2) is 5.82 Å². The number of hydrogen-bond acceptors (Lipinski definition) is 6. The van der Waals surface area contributed by atoms with Gasteiger partial charge in [0.05, 0.1) is 37.2 Å². The summed E-state index contributed by atoms with van der Waals surface area (Å²) >= 11 is 0. The molecule has 0 fully saturated rings. The summed E-state index contributed by atoms with van der Waals surface area (Å²) in [6, 6.07) is 11.5. The van der Waals surface area contributed by atoms with Crippen LogP contribution in [0.3, 0.4) is 0 Å². The van der Waals surface area contributed by atoms with Crippen molar-refractivity contribution >= 4 is 11.9 Å². The lowest BCUT2D eigenvalue weighted by Gasteiger charge is -2.07. The van der Waals surface area contributed by atoms with Crippen molar-refractivity contribution in [3.05, 3.63) is 65.7 Å². The second-order valence-corrected chi connectivity index (χ2v) is 6.53. The van der Waals surface area contributed by atoms with E-state index in [2.05, 4.69) is 25.6 Å². The standard InChI is InChI=1S/C21H19FN6O3/c1-12-15(11-23-28(12)17-7-5-4-6-16(17)22)20(29)25-21-24-19(26-27-21)14-9-8-13(30-2)10-18(14)31-3/h4-11H,1-3H3,(H2,24,25,26,27,29). The molecule has 10 heteroatoms. The largest absolute Gasteiger partial charge is 0.497 e. The van der Waals surface area contributed by atoms with Crippen LogP contribution >= 0.6 is 0 Å². The van der Waals surface area contributed by atoms with Gasteiger partial charge in [0.2, 0.25) is 5.95 Å². The van der Waals surface area contributed by atoms with E-state index in [1.54, 1.807) is 50.4 Å². The molecule has 31 heavy (non-hydrogen) atoms. The smallest absolute Gasteiger partial charge is 0.261 e. The van der Waals surface area contributed by atoms with Crippen LogP contribution in [0.15, 0.2) is 48.7 Å². The average Bonchev–Trinajstić information content (AvgIpc) is 3.40. The van der Waals surface area contributed by atoms with Gasteiger partial charge in [-0.2, -0.15) is 10.1 Å². The molecule has 0 saturated carbocycles. The predicted octanol–water partition coefficient (Wildman–Crippen LogP) is 3.37. The molecule has 158 valence electrons. The number of carbonyl (C=O) groups excluding carboxylic acids is 1. The SMILES string of the molecule is COc1ccc(-c2nc(NC(=O)c3cnn(-c4ccccc4F)c3C)n[nH]2)c(OC)c1. The van der Waals surface area contributed by atoms with Crippen LogP contribution in [0.1, 0.15) is 16.1 Å². The number of aromatic nitrogens is 5. The number of benzene rings is 2. The summed E-state index contributed by atoms with van der Waals surface area (Å²) in [5, 5.41) is 13.6. The van der Waals surface area contributed by atoms with E-state index in [0.29, 0.717) is 28.6 Å². The highest BCUT2D eigenvalue weighted by Crippen LogP contribution is 2.31. The number of para-hydroxylation sites is 1. The lowest BCUT2D eigenvalue weighted by Crippen LogP contribution is -2.14. The van der Waals surface area contributed by atoms with E-state index < -0.39 is 11.7 Å². The Hall–Kier alpha value is -4.21. The second kappa shape index (κ2) is 8.27. The minimum atomic E-state index is -0.465. The molecule has 2 aromatic heterocycles. The van der Waals surface area contributed by atoms with Gasteiger partial charge in [-0.05, 0) is 31.2 Å².